The van der Waals surface area contributed by atoms with Crippen molar-refractivity contribution in [3.05, 3.63) is 10.8 Å². The van der Waals surface area contributed by atoms with Crippen molar-refractivity contribution in [2.75, 3.05) is 36.5 Å². The van der Waals surface area contributed by atoms with Gasteiger partial charge >= 0.3 is 0 Å². The van der Waals surface area contributed by atoms with Gasteiger partial charge in [0.1, 0.15) is 22.4 Å². The average molecular weight is 315 g/mol. The van der Waals surface area contributed by atoms with Crippen LogP contribution in [0.4, 0.5) is 11.6 Å². The van der Waals surface area contributed by atoms with Crippen LogP contribution in [0.1, 0.15) is 20.3 Å². The quantitative estimate of drug-likeness (QED) is 0.924. The van der Waals surface area contributed by atoms with Crippen LogP contribution < -0.4 is 10.2 Å². The third-order valence-electron chi connectivity index (χ3n) is 3.01. The molecule has 0 amide bonds. The molecule has 1 aliphatic heterocycles. The first-order valence-electron chi connectivity index (χ1n) is 6.37. The Kier molecular flexibility index (Phi) is 4.77. The maximum Gasteiger partial charge on any atom is 0.148 e. The highest BCUT2D eigenvalue weighted by Gasteiger charge is 2.22. The van der Waals surface area contributed by atoms with Crippen molar-refractivity contribution in [3.63, 3.8) is 0 Å². The molecule has 0 aliphatic carbocycles. The van der Waals surface area contributed by atoms with Crippen LogP contribution in [0.25, 0.3) is 0 Å². The summed E-state index contributed by atoms with van der Waals surface area (Å²) in [5, 5.41) is 3.22. The predicted octanol–water partition coefficient (Wildman–Crippen LogP) is 2.29. The van der Waals surface area contributed by atoms with Crippen molar-refractivity contribution >= 4 is 27.6 Å². The van der Waals surface area contributed by atoms with E-state index in [1.807, 2.05) is 0 Å². The summed E-state index contributed by atoms with van der Waals surface area (Å²) in [7, 11) is 0. The number of aromatic nitrogens is 2. The Morgan fingerprint density at radius 1 is 1.50 bits per heavy atom. The Morgan fingerprint density at radius 3 is 3.06 bits per heavy atom. The average Bonchev–Trinajstić information content (AvgIpc) is 2.41. The summed E-state index contributed by atoms with van der Waals surface area (Å²) in [6.45, 7) is 7.56. The number of hydrogen-bond acceptors (Lipinski definition) is 5. The van der Waals surface area contributed by atoms with Crippen LogP contribution in [0.15, 0.2) is 10.8 Å². The second-order valence-electron chi connectivity index (χ2n) is 4.24. The van der Waals surface area contributed by atoms with Crippen molar-refractivity contribution in [2.24, 2.45) is 0 Å². The lowest BCUT2D eigenvalue weighted by Crippen LogP contribution is -2.42. The summed E-state index contributed by atoms with van der Waals surface area (Å²) in [5.41, 5.74) is 0. The molecule has 6 heteroatoms. The predicted molar refractivity (Wildman–Crippen MR) is 76.1 cm³/mol. The van der Waals surface area contributed by atoms with Gasteiger partial charge in [0.15, 0.2) is 0 Å². The van der Waals surface area contributed by atoms with E-state index in [-0.39, 0.29) is 0 Å². The zero-order chi connectivity index (χ0) is 13.0. The monoisotopic (exact) mass is 314 g/mol. The zero-order valence-corrected chi connectivity index (χ0v) is 12.4. The SMILES string of the molecule is CCNc1ncnc(N2CCOC(CC)C2)c1Br. The molecular weight excluding hydrogens is 296 g/mol. The molecule has 0 aromatic carbocycles. The van der Waals surface area contributed by atoms with E-state index in [1.165, 1.54) is 0 Å². The number of anilines is 2. The van der Waals surface area contributed by atoms with Gasteiger partial charge in [-0.1, -0.05) is 6.92 Å². The topological polar surface area (TPSA) is 50.3 Å². The summed E-state index contributed by atoms with van der Waals surface area (Å²) < 4.78 is 6.61. The van der Waals surface area contributed by atoms with Crippen molar-refractivity contribution in [3.8, 4) is 0 Å². The number of morpholine rings is 1. The van der Waals surface area contributed by atoms with Crippen LogP contribution >= 0.6 is 15.9 Å². The summed E-state index contributed by atoms with van der Waals surface area (Å²) in [6.07, 6.45) is 2.93. The van der Waals surface area contributed by atoms with Crippen LogP contribution in [0.5, 0.6) is 0 Å². The molecule has 1 aliphatic rings. The number of nitrogens with zero attached hydrogens (tertiary/aromatic N) is 3. The smallest absolute Gasteiger partial charge is 0.148 e. The lowest BCUT2D eigenvalue weighted by molar-refractivity contribution is 0.0381. The lowest BCUT2D eigenvalue weighted by atomic mass is 10.2. The van der Waals surface area contributed by atoms with Gasteiger partial charge in [-0.05, 0) is 29.3 Å². The normalized spacial score (nSPS) is 19.9. The van der Waals surface area contributed by atoms with E-state index < -0.39 is 0 Å². The maximum absolute atomic E-state index is 5.68. The molecule has 1 N–H and O–H groups in total. The van der Waals surface area contributed by atoms with Crippen molar-refractivity contribution in [1.29, 1.82) is 0 Å². The molecule has 5 nitrogen and oxygen atoms in total. The van der Waals surface area contributed by atoms with Crippen LogP contribution in [-0.4, -0.2) is 42.3 Å². The largest absolute Gasteiger partial charge is 0.375 e. The van der Waals surface area contributed by atoms with Gasteiger partial charge in [0.25, 0.3) is 0 Å². The van der Waals surface area contributed by atoms with Crippen LogP contribution in [0, 0.1) is 0 Å². The Balaban J connectivity index is 2.19. The maximum atomic E-state index is 5.68. The van der Waals surface area contributed by atoms with Crippen molar-refractivity contribution < 1.29 is 4.74 Å². The second-order valence-corrected chi connectivity index (χ2v) is 5.03. The van der Waals surface area contributed by atoms with Crippen molar-refractivity contribution in [2.45, 2.75) is 26.4 Å². The van der Waals surface area contributed by atoms with E-state index in [2.05, 4.69) is 50.0 Å². The summed E-state index contributed by atoms with van der Waals surface area (Å²) in [4.78, 5) is 10.9. The summed E-state index contributed by atoms with van der Waals surface area (Å²) in [5.74, 6) is 1.80. The van der Waals surface area contributed by atoms with Gasteiger partial charge in [0.05, 0.1) is 12.7 Å². The minimum Gasteiger partial charge on any atom is -0.375 e. The standard InChI is InChI=1S/C12H19BrN4O/c1-3-9-7-17(5-6-18-9)12-10(13)11(14-4-2)15-8-16-12/h8-9H,3-7H2,1-2H3,(H,14,15,16). The highest BCUT2D eigenvalue weighted by Crippen LogP contribution is 2.30. The van der Waals surface area contributed by atoms with Gasteiger partial charge in [0.2, 0.25) is 0 Å². The van der Waals surface area contributed by atoms with Gasteiger partial charge < -0.3 is 15.0 Å². The van der Waals surface area contributed by atoms with Gasteiger partial charge in [0, 0.05) is 19.6 Å². The highest BCUT2D eigenvalue weighted by molar-refractivity contribution is 9.10. The highest BCUT2D eigenvalue weighted by atomic mass is 79.9. The molecule has 1 atom stereocenters. The first kappa shape index (κ1) is 13.5. The fraction of sp³-hybridized carbons (Fsp3) is 0.667. The van der Waals surface area contributed by atoms with Crippen LogP contribution in [0.2, 0.25) is 0 Å². The van der Waals surface area contributed by atoms with E-state index in [1.54, 1.807) is 6.33 Å². The van der Waals surface area contributed by atoms with Crippen LogP contribution in [0.3, 0.4) is 0 Å². The fourth-order valence-electron chi connectivity index (χ4n) is 2.03. The molecule has 2 rings (SSSR count). The minimum absolute atomic E-state index is 0.295. The van der Waals surface area contributed by atoms with E-state index >= 15 is 0 Å². The molecule has 0 saturated carbocycles. The number of halogens is 1. The fourth-order valence-corrected chi connectivity index (χ4v) is 2.63. The third kappa shape index (κ3) is 2.92. The summed E-state index contributed by atoms with van der Waals surface area (Å²) in [6, 6.07) is 0. The van der Waals surface area contributed by atoms with Gasteiger partial charge in [-0.2, -0.15) is 0 Å². The molecule has 0 bridgehead atoms. The second kappa shape index (κ2) is 6.33. The van der Waals surface area contributed by atoms with Crippen molar-refractivity contribution in [1.82, 2.24) is 9.97 Å². The first-order valence-corrected chi connectivity index (χ1v) is 7.16. The van der Waals surface area contributed by atoms with E-state index in [9.17, 15) is 0 Å². The molecule has 1 aromatic heterocycles. The van der Waals surface area contributed by atoms with Gasteiger partial charge in [-0.25, -0.2) is 9.97 Å². The molecule has 1 unspecified atom stereocenters. The Bertz CT molecular complexity index is 402. The van der Waals surface area contributed by atoms with Gasteiger partial charge in [-0.15, -0.1) is 0 Å². The molecule has 100 valence electrons. The molecule has 0 spiro atoms. The first-order chi connectivity index (χ1) is 8.76. The molecule has 1 saturated heterocycles. The molecule has 0 radical (unpaired) electrons. The van der Waals surface area contributed by atoms with E-state index in [0.29, 0.717) is 6.10 Å². The third-order valence-corrected chi connectivity index (χ3v) is 3.74. The van der Waals surface area contributed by atoms with E-state index in [4.69, 9.17) is 4.74 Å². The lowest BCUT2D eigenvalue weighted by Gasteiger charge is -2.33. The molecule has 18 heavy (non-hydrogen) atoms. The Morgan fingerprint density at radius 2 is 2.33 bits per heavy atom. The molecular formula is C12H19BrN4O. The van der Waals surface area contributed by atoms with Crippen LogP contribution in [-0.2, 0) is 4.74 Å². The Hall–Kier alpha value is -0.880. The van der Waals surface area contributed by atoms with Gasteiger partial charge in [-0.3, -0.25) is 0 Å². The minimum atomic E-state index is 0.295. The number of ether oxygens (including phenoxy) is 1. The number of nitrogens with one attached hydrogen (secondary N) is 1. The van der Waals surface area contributed by atoms with E-state index in [0.717, 1.165) is 48.8 Å². The number of rotatable bonds is 4. The molecule has 1 aromatic rings. The summed E-state index contributed by atoms with van der Waals surface area (Å²) >= 11 is 3.59. The molecule has 2 heterocycles. The number of hydrogen-bond donors (Lipinski definition) is 1. The zero-order valence-electron chi connectivity index (χ0n) is 10.8. The molecule has 1 fully saturated rings. The Labute approximate surface area is 116 Å².